The van der Waals surface area contributed by atoms with Gasteiger partial charge in [-0.15, -0.1) is 0 Å². The summed E-state index contributed by atoms with van der Waals surface area (Å²) in [5.41, 5.74) is 2.77. The van der Waals surface area contributed by atoms with Crippen molar-refractivity contribution in [2.24, 2.45) is 11.3 Å². The van der Waals surface area contributed by atoms with Gasteiger partial charge in [-0.05, 0) is 35.2 Å². The Hall–Kier alpha value is -3.48. The van der Waals surface area contributed by atoms with E-state index < -0.39 is 12.0 Å². The molecule has 0 radical (unpaired) electrons. The van der Waals surface area contributed by atoms with E-state index in [2.05, 4.69) is 25.2 Å². The quantitative estimate of drug-likeness (QED) is 0.662. The molecule has 0 fully saturated rings. The molecule has 0 saturated heterocycles. The zero-order chi connectivity index (χ0) is 24.6. The molecule has 180 valence electrons. The number of Topliss-reactive ketones (excluding diaryl/α,β-unsaturated/α-hetero) is 1. The Kier molecular flexibility index (Phi) is 6.30. The van der Waals surface area contributed by atoms with Crippen LogP contribution in [0.2, 0.25) is 0 Å². The number of rotatable bonds is 5. The molecule has 1 N–H and O–H groups in total. The first kappa shape index (κ1) is 23.7. The minimum Gasteiger partial charge on any atom is -0.493 e. The number of anilines is 2. The first-order valence-electron chi connectivity index (χ1n) is 11.5. The highest BCUT2D eigenvalue weighted by molar-refractivity contribution is 6.01. The van der Waals surface area contributed by atoms with E-state index in [4.69, 9.17) is 14.2 Å². The van der Waals surface area contributed by atoms with Crippen molar-refractivity contribution in [1.82, 2.24) is 0 Å². The number of amides is 1. The topological polar surface area (TPSA) is 77.1 Å². The molecule has 1 aliphatic heterocycles. The Morgan fingerprint density at radius 2 is 1.74 bits per heavy atom. The fraction of sp³-hybridized carbons (Fsp3) is 0.407. The van der Waals surface area contributed by atoms with Crippen molar-refractivity contribution in [3.05, 3.63) is 53.7 Å². The molecule has 0 bridgehead atoms. The number of para-hydroxylation sites is 2. The maximum absolute atomic E-state index is 13.7. The van der Waals surface area contributed by atoms with E-state index in [1.54, 1.807) is 26.2 Å². The number of nitrogens with one attached hydrogen (secondary N) is 1. The first-order chi connectivity index (χ1) is 16.2. The van der Waals surface area contributed by atoms with Crippen LogP contribution in [0.25, 0.3) is 0 Å². The van der Waals surface area contributed by atoms with Gasteiger partial charge in [-0.1, -0.05) is 39.0 Å². The van der Waals surface area contributed by atoms with Crippen molar-refractivity contribution >= 4 is 23.1 Å². The summed E-state index contributed by atoms with van der Waals surface area (Å²) in [6, 6.07) is 10.7. The molecule has 2 aromatic carbocycles. The van der Waals surface area contributed by atoms with E-state index in [1.165, 1.54) is 0 Å². The zero-order valence-corrected chi connectivity index (χ0v) is 20.6. The normalized spacial score (nSPS) is 20.8. The molecule has 7 nitrogen and oxygen atoms in total. The maximum atomic E-state index is 13.7. The Labute approximate surface area is 200 Å². The van der Waals surface area contributed by atoms with E-state index in [9.17, 15) is 9.59 Å². The van der Waals surface area contributed by atoms with Gasteiger partial charge in [0.25, 0.3) is 0 Å². The number of benzene rings is 2. The molecule has 2 aromatic rings. The average molecular weight is 465 g/mol. The van der Waals surface area contributed by atoms with E-state index in [1.807, 2.05) is 43.3 Å². The molecule has 2 aliphatic rings. The van der Waals surface area contributed by atoms with E-state index in [0.717, 1.165) is 22.6 Å². The molecule has 0 aromatic heterocycles. The number of hydrogen-bond donors (Lipinski definition) is 1. The minimum atomic E-state index is -0.591. The largest absolute Gasteiger partial charge is 0.493 e. The van der Waals surface area contributed by atoms with Crippen LogP contribution >= 0.6 is 0 Å². The lowest BCUT2D eigenvalue weighted by Gasteiger charge is -2.39. The monoisotopic (exact) mass is 464 g/mol. The third kappa shape index (κ3) is 4.00. The second-order valence-corrected chi connectivity index (χ2v) is 9.37. The van der Waals surface area contributed by atoms with E-state index in [0.29, 0.717) is 30.1 Å². The summed E-state index contributed by atoms with van der Waals surface area (Å²) < 4.78 is 16.7. The standard InChI is InChI=1S/C27H32N2O5/c1-7-23(31)29-19-11-9-8-10-17(19)28-18-14-27(2,3)15-20(30)24(18)25(29)16-12-21(32-4)26(34-6)22(13-16)33-5/h8-14,24-25,28H,7,15H2,1-6H3. The summed E-state index contributed by atoms with van der Waals surface area (Å²) in [5.74, 6) is 0.836. The second kappa shape index (κ2) is 9.05. The zero-order valence-electron chi connectivity index (χ0n) is 20.6. The number of methoxy groups -OCH3 is 3. The van der Waals surface area contributed by atoms with Crippen LogP contribution in [-0.4, -0.2) is 33.0 Å². The van der Waals surface area contributed by atoms with Gasteiger partial charge in [0.1, 0.15) is 5.78 Å². The fourth-order valence-electron chi connectivity index (χ4n) is 5.07. The third-order valence-corrected chi connectivity index (χ3v) is 6.49. The van der Waals surface area contributed by atoms with Gasteiger partial charge in [0.15, 0.2) is 11.5 Å². The number of allylic oxidation sites excluding steroid dienone is 1. The Morgan fingerprint density at radius 3 is 2.32 bits per heavy atom. The van der Waals surface area contributed by atoms with Crippen LogP contribution in [0, 0.1) is 11.3 Å². The number of ether oxygens (including phenoxy) is 3. The van der Waals surface area contributed by atoms with Crippen LogP contribution in [0.1, 0.15) is 45.2 Å². The van der Waals surface area contributed by atoms with Gasteiger partial charge in [-0.3, -0.25) is 9.59 Å². The molecule has 1 aliphatic carbocycles. The fourth-order valence-corrected chi connectivity index (χ4v) is 5.07. The van der Waals surface area contributed by atoms with Gasteiger partial charge in [0.05, 0.1) is 44.7 Å². The van der Waals surface area contributed by atoms with Crippen molar-refractivity contribution in [2.75, 3.05) is 31.5 Å². The number of fused-ring (bicyclic) bond motifs is 2. The predicted octanol–water partition coefficient (Wildman–Crippen LogP) is 5.12. The molecule has 1 amide bonds. The van der Waals surface area contributed by atoms with Crippen molar-refractivity contribution < 1.29 is 23.8 Å². The Balaban J connectivity index is 2.04. The van der Waals surface area contributed by atoms with Crippen molar-refractivity contribution in [1.29, 1.82) is 0 Å². The lowest BCUT2D eigenvalue weighted by Crippen LogP contribution is -2.43. The van der Waals surface area contributed by atoms with Crippen molar-refractivity contribution in [3.63, 3.8) is 0 Å². The van der Waals surface area contributed by atoms with Crippen LogP contribution in [0.15, 0.2) is 48.2 Å². The SMILES string of the molecule is CCC(=O)N1c2ccccc2NC2=CC(C)(C)CC(=O)C2C1c1cc(OC)c(OC)c(OC)c1. The number of carbonyl (C=O) groups excluding carboxylic acids is 2. The highest BCUT2D eigenvalue weighted by Crippen LogP contribution is 2.51. The molecule has 4 rings (SSSR count). The molecule has 1 heterocycles. The van der Waals surface area contributed by atoms with Crippen LogP contribution in [0.5, 0.6) is 17.2 Å². The van der Waals surface area contributed by atoms with Gasteiger partial charge >= 0.3 is 0 Å². The number of ketones is 1. The van der Waals surface area contributed by atoms with E-state index in [-0.39, 0.29) is 17.1 Å². The van der Waals surface area contributed by atoms with Crippen molar-refractivity contribution in [3.8, 4) is 17.2 Å². The van der Waals surface area contributed by atoms with Crippen LogP contribution in [-0.2, 0) is 9.59 Å². The lowest BCUT2D eigenvalue weighted by molar-refractivity contribution is -0.125. The molecule has 7 heteroatoms. The summed E-state index contributed by atoms with van der Waals surface area (Å²) >= 11 is 0. The summed E-state index contributed by atoms with van der Waals surface area (Å²) in [4.78, 5) is 29.0. The van der Waals surface area contributed by atoms with Gasteiger partial charge in [-0.2, -0.15) is 0 Å². The molecular weight excluding hydrogens is 432 g/mol. The molecule has 34 heavy (non-hydrogen) atoms. The summed E-state index contributed by atoms with van der Waals surface area (Å²) in [6.07, 6.45) is 2.80. The molecule has 0 saturated carbocycles. The number of carbonyl (C=O) groups is 2. The summed E-state index contributed by atoms with van der Waals surface area (Å²) in [7, 11) is 4.66. The van der Waals surface area contributed by atoms with Crippen LogP contribution in [0.4, 0.5) is 11.4 Å². The highest BCUT2D eigenvalue weighted by atomic mass is 16.5. The second-order valence-electron chi connectivity index (χ2n) is 9.37. The molecule has 2 unspecified atom stereocenters. The Morgan fingerprint density at radius 1 is 1.09 bits per heavy atom. The van der Waals surface area contributed by atoms with Gasteiger partial charge < -0.3 is 24.4 Å². The molecule has 0 spiro atoms. The van der Waals surface area contributed by atoms with Crippen LogP contribution in [0.3, 0.4) is 0 Å². The number of nitrogens with zero attached hydrogens (tertiary/aromatic N) is 1. The smallest absolute Gasteiger partial charge is 0.227 e. The average Bonchev–Trinajstić information content (AvgIpc) is 2.96. The maximum Gasteiger partial charge on any atom is 0.227 e. The summed E-state index contributed by atoms with van der Waals surface area (Å²) in [5, 5.41) is 3.50. The lowest BCUT2D eigenvalue weighted by atomic mass is 9.72. The van der Waals surface area contributed by atoms with E-state index >= 15 is 0 Å². The predicted molar refractivity (Wildman–Crippen MR) is 132 cm³/mol. The van der Waals surface area contributed by atoms with Gasteiger partial charge in [-0.25, -0.2) is 0 Å². The third-order valence-electron chi connectivity index (χ3n) is 6.49. The van der Waals surface area contributed by atoms with Crippen LogP contribution < -0.4 is 24.4 Å². The van der Waals surface area contributed by atoms with Crippen molar-refractivity contribution in [2.45, 2.75) is 39.7 Å². The first-order valence-corrected chi connectivity index (χ1v) is 11.5. The molecular formula is C27H32N2O5. The minimum absolute atomic E-state index is 0.0770. The summed E-state index contributed by atoms with van der Waals surface area (Å²) in [6.45, 7) is 5.93. The van der Waals surface area contributed by atoms with Gasteiger partial charge in [0.2, 0.25) is 11.7 Å². The van der Waals surface area contributed by atoms with Gasteiger partial charge in [0, 0.05) is 18.5 Å². The molecule has 2 atom stereocenters. The Bertz CT molecular complexity index is 1130. The highest BCUT2D eigenvalue weighted by Gasteiger charge is 2.46. The number of hydrogen-bond acceptors (Lipinski definition) is 6.